The summed E-state index contributed by atoms with van der Waals surface area (Å²) in [6.45, 7) is 5.26. The summed E-state index contributed by atoms with van der Waals surface area (Å²) in [6, 6.07) is 19.2. The Hall–Kier alpha value is -4.48. The molecule has 212 valence electrons. The minimum absolute atomic E-state index is 0.0153. The molecule has 0 bridgehead atoms. The molecule has 0 saturated heterocycles. The molecule has 0 aliphatic rings. The van der Waals surface area contributed by atoms with Gasteiger partial charge in [0.1, 0.15) is 0 Å². The second-order valence-electron chi connectivity index (χ2n) is 9.15. The molecule has 0 radical (unpaired) electrons. The number of benzene rings is 3. The van der Waals surface area contributed by atoms with Crippen LogP contribution < -0.4 is 4.72 Å². The minimum atomic E-state index is -4.19. The smallest absolute Gasteiger partial charge is 0.338 e. The molecule has 0 fully saturated rings. The number of esters is 1. The van der Waals surface area contributed by atoms with Crippen molar-refractivity contribution < 1.29 is 31.2 Å². The van der Waals surface area contributed by atoms with Crippen LogP contribution in [0.25, 0.3) is 17.0 Å². The number of carbonyl (C=O) groups is 2. The fourth-order valence-electron chi connectivity index (χ4n) is 3.98. The highest BCUT2D eigenvalue weighted by molar-refractivity contribution is 7.90. The largest absolute Gasteiger partial charge is 0.462 e. The number of carbonyl (C=O) groups excluding carboxylic acids is 2. The zero-order chi connectivity index (χ0) is 29.8. The van der Waals surface area contributed by atoms with Crippen LogP contribution in [0.15, 0.2) is 107 Å². The van der Waals surface area contributed by atoms with E-state index in [0.717, 1.165) is 21.2 Å². The molecule has 3 aromatic carbocycles. The summed E-state index contributed by atoms with van der Waals surface area (Å²) in [4.78, 5) is 25.3. The highest BCUT2D eigenvalue weighted by Crippen LogP contribution is 2.27. The van der Waals surface area contributed by atoms with E-state index in [0.29, 0.717) is 16.5 Å². The number of rotatable bonds is 9. The molecule has 41 heavy (non-hydrogen) atoms. The average Bonchev–Trinajstić information content (AvgIpc) is 3.31. The van der Waals surface area contributed by atoms with Crippen molar-refractivity contribution in [3.63, 3.8) is 0 Å². The molecule has 0 aliphatic heterocycles. The topological polar surface area (TPSA) is 129 Å². The molecule has 1 N–H and O–H groups in total. The maximum Gasteiger partial charge on any atom is 0.338 e. The fraction of sp³-hybridized carbons (Fsp3) is 0.133. The van der Waals surface area contributed by atoms with Crippen molar-refractivity contribution in [1.82, 2.24) is 8.69 Å². The normalized spacial score (nSPS) is 12.5. The van der Waals surface area contributed by atoms with E-state index in [1.54, 1.807) is 62.4 Å². The number of aromatic nitrogens is 1. The lowest BCUT2D eigenvalue weighted by atomic mass is 10.1. The van der Waals surface area contributed by atoms with Gasteiger partial charge in [-0.25, -0.2) is 30.3 Å². The molecule has 4 rings (SSSR count). The van der Waals surface area contributed by atoms with Gasteiger partial charge in [0.2, 0.25) is 0 Å². The summed E-state index contributed by atoms with van der Waals surface area (Å²) in [7, 11) is -8.14. The molecule has 1 heterocycles. The van der Waals surface area contributed by atoms with Gasteiger partial charge in [0.15, 0.2) is 0 Å². The predicted octanol–water partition coefficient (Wildman–Crippen LogP) is 4.50. The minimum Gasteiger partial charge on any atom is -0.462 e. The molecule has 0 unspecified atom stereocenters. The lowest BCUT2D eigenvalue weighted by molar-refractivity contribution is -0.138. The van der Waals surface area contributed by atoms with Crippen LogP contribution in [0.1, 0.15) is 23.6 Å². The number of para-hydroxylation sites is 1. The average molecular weight is 593 g/mol. The number of aryl methyl sites for hydroxylation is 2. The summed E-state index contributed by atoms with van der Waals surface area (Å²) in [5, 5.41) is 0.578. The number of ether oxygens (including phenoxy) is 1. The van der Waals surface area contributed by atoms with Crippen LogP contribution >= 0.6 is 0 Å². The Morgan fingerprint density at radius 2 is 1.44 bits per heavy atom. The molecule has 1 aromatic heterocycles. The molecular weight excluding hydrogens is 564 g/mol. The number of fused-ring (bicyclic) bond motifs is 1. The number of hydrogen-bond donors (Lipinski definition) is 1. The van der Waals surface area contributed by atoms with E-state index in [9.17, 15) is 26.4 Å². The summed E-state index contributed by atoms with van der Waals surface area (Å²) >= 11 is 0. The standard InChI is InChI=1S/C30H28N2O7S2/c1-4-39-30(34)23(19-29(33)31-40(35,36)25-15-9-21(2)10-16-25)13-14-24-20-32(28-8-6-5-7-27(24)28)41(37,38)26-17-11-22(3)12-18-26/h5-20H,4H2,1-3H3,(H,31,33)/b14-13+,23-19-. The molecular formula is C30H28N2O7S2. The lowest BCUT2D eigenvalue weighted by Gasteiger charge is -2.07. The molecule has 4 aromatic rings. The van der Waals surface area contributed by atoms with Crippen LogP contribution in [0.4, 0.5) is 0 Å². The number of nitrogens with zero attached hydrogens (tertiary/aromatic N) is 1. The highest BCUT2D eigenvalue weighted by Gasteiger charge is 2.21. The zero-order valence-electron chi connectivity index (χ0n) is 22.6. The van der Waals surface area contributed by atoms with Crippen LogP contribution in [0, 0.1) is 13.8 Å². The van der Waals surface area contributed by atoms with E-state index in [1.165, 1.54) is 42.6 Å². The zero-order valence-corrected chi connectivity index (χ0v) is 24.2. The van der Waals surface area contributed by atoms with Gasteiger partial charge in [-0.3, -0.25) is 4.79 Å². The monoisotopic (exact) mass is 592 g/mol. The van der Waals surface area contributed by atoms with Crippen molar-refractivity contribution in [3.05, 3.63) is 113 Å². The van der Waals surface area contributed by atoms with Crippen molar-refractivity contribution in [3.8, 4) is 0 Å². The molecule has 0 saturated carbocycles. The van der Waals surface area contributed by atoms with Crippen LogP contribution in [0.2, 0.25) is 0 Å². The third kappa shape index (κ3) is 6.64. The number of amides is 1. The van der Waals surface area contributed by atoms with E-state index in [-0.39, 0.29) is 22.0 Å². The number of sulfonamides is 1. The van der Waals surface area contributed by atoms with Crippen LogP contribution in [-0.4, -0.2) is 39.3 Å². The van der Waals surface area contributed by atoms with Crippen molar-refractivity contribution in [1.29, 1.82) is 0 Å². The maximum absolute atomic E-state index is 13.5. The highest BCUT2D eigenvalue weighted by atomic mass is 32.2. The van der Waals surface area contributed by atoms with E-state index < -0.39 is 31.9 Å². The third-order valence-corrected chi connectivity index (χ3v) is 9.14. The second-order valence-corrected chi connectivity index (χ2v) is 12.6. The first-order valence-electron chi connectivity index (χ1n) is 12.5. The number of hydrogen-bond acceptors (Lipinski definition) is 7. The van der Waals surface area contributed by atoms with Gasteiger partial charge < -0.3 is 4.74 Å². The van der Waals surface area contributed by atoms with E-state index >= 15 is 0 Å². The van der Waals surface area contributed by atoms with E-state index in [2.05, 4.69) is 0 Å². The van der Waals surface area contributed by atoms with E-state index in [4.69, 9.17) is 4.74 Å². The van der Waals surface area contributed by atoms with Crippen LogP contribution in [0.5, 0.6) is 0 Å². The molecule has 0 aliphatic carbocycles. The second kappa shape index (κ2) is 11.9. The lowest BCUT2D eigenvalue weighted by Crippen LogP contribution is -2.29. The summed E-state index contributed by atoms with van der Waals surface area (Å²) in [6.07, 6.45) is 4.98. The van der Waals surface area contributed by atoms with Crippen LogP contribution in [0.3, 0.4) is 0 Å². The molecule has 9 nitrogen and oxygen atoms in total. The Kier molecular flexibility index (Phi) is 8.60. The quantitative estimate of drug-likeness (QED) is 0.172. The Labute approximate surface area is 238 Å². The Morgan fingerprint density at radius 1 is 0.854 bits per heavy atom. The van der Waals surface area contributed by atoms with Gasteiger partial charge in [0, 0.05) is 23.2 Å². The van der Waals surface area contributed by atoms with Crippen molar-refractivity contribution in [2.75, 3.05) is 6.61 Å². The SMILES string of the molecule is CCOC(=O)C(=C\C(=O)NS(=O)(=O)c1ccc(C)cc1)/C=C/c1cn(S(=O)(=O)c2ccc(C)cc2)c2ccccc12. The van der Waals surface area contributed by atoms with Crippen molar-refractivity contribution in [2.24, 2.45) is 0 Å². The maximum atomic E-state index is 13.5. The molecule has 11 heteroatoms. The van der Waals surface area contributed by atoms with Gasteiger partial charge in [-0.05, 0) is 57.2 Å². The Balaban J connectivity index is 1.71. The Morgan fingerprint density at radius 3 is 2.05 bits per heavy atom. The number of nitrogens with one attached hydrogen (secondary N) is 1. The molecule has 1 amide bonds. The Bertz CT molecular complexity index is 1880. The van der Waals surface area contributed by atoms with Gasteiger partial charge in [-0.1, -0.05) is 59.7 Å². The van der Waals surface area contributed by atoms with Gasteiger partial charge in [0.25, 0.3) is 26.0 Å². The molecule has 0 spiro atoms. The third-order valence-electron chi connectivity index (χ3n) is 6.09. The predicted molar refractivity (Wildman–Crippen MR) is 156 cm³/mol. The summed E-state index contributed by atoms with van der Waals surface area (Å²) < 4.78 is 60.3. The van der Waals surface area contributed by atoms with Gasteiger partial charge >= 0.3 is 5.97 Å². The van der Waals surface area contributed by atoms with Crippen molar-refractivity contribution in [2.45, 2.75) is 30.6 Å². The first kappa shape index (κ1) is 29.5. The van der Waals surface area contributed by atoms with Gasteiger partial charge in [0.05, 0.1) is 27.5 Å². The first-order chi connectivity index (χ1) is 19.4. The van der Waals surface area contributed by atoms with Crippen molar-refractivity contribution >= 4 is 48.9 Å². The van der Waals surface area contributed by atoms with Gasteiger partial charge in [-0.15, -0.1) is 0 Å². The molecule has 0 atom stereocenters. The van der Waals surface area contributed by atoms with Gasteiger partial charge in [-0.2, -0.15) is 0 Å². The van der Waals surface area contributed by atoms with E-state index in [1.807, 2.05) is 11.6 Å². The first-order valence-corrected chi connectivity index (χ1v) is 15.5. The van der Waals surface area contributed by atoms with Crippen LogP contribution in [-0.2, 0) is 34.4 Å². The summed E-state index contributed by atoms with van der Waals surface area (Å²) in [5.74, 6) is -1.91. The summed E-state index contributed by atoms with van der Waals surface area (Å²) in [5.41, 5.74) is 2.38. The fourth-order valence-corrected chi connectivity index (χ4v) is 6.29.